The highest BCUT2D eigenvalue weighted by Crippen LogP contribution is 2.24. The van der Waals surface area contributed by atoms with Crippen LogP contribution < -0.4 is 20.1 Å². The summed E-state index contributed by atoms with van der Waals surface area (Å²) in [6.07, 6.45) is 1.57. The first-order valence-electron chi connectivity index (χ1n) is 9.58. The summed E-state index contributed by atoms with van der Waals surface area (Å²) in [5, 5.41) is 14.4. The SMILES string of the molecule is CCOc1ccc(Nc2cnnc(Nc3ccc(Oc4ccccc4)cc3)n2)cc1. The summed E-state index contributed by atoms with van der Waals surface area (Å²) in [6, 6.07) is 24.8. The van der Waals surface area contributed by atoms with Crippen molar-refractivity contribution >= 4 is 23.1 Å². The van der Waals surface area contributed by atoms with Gasteiger partial charge in [-0.3, -0.25) is 0 Å². The third-order valence-corrected chi connectivity index (χ3v) is 4.09. The van der Waals surface area contributed by atoms with E-state index in [0.717, 1.165) is 28.6 Å². The summed E-state index contributed by atoms with van der Waals surface area (Å²) in [6.45, 7) is 2.59. The molecule has 0 atom stereocenters. The second-order valence-corrected chi connectivity index (χ2v) is 6.31. The number of hydrogen-bond donors (Lipinski definition) is 2. The molecule has 0 unspecified atom stereocenters. The van der Waals surface area contributed by atoms with Crippen molar-refractivity contribution in [2.24, 2.45) is 0 Å². The van der Waals surface area contributed by atoms with E-state index in [2.05, 4.69) is 25.8 Å². The smallest absolute Gasteiger partial charge is 0.249 e. The molecule has 0 amide bonds. The largest absolute Gasteiger partial charge is 0.494 e. The van der Waals surface area contributed by atoms with Gasteiger partial charge >= 0.3 is 0 Å². The van der Waals surface area contributed by atoms with E-state index < -0.39 is 0 Å². The fourth-order valence-electron chi connectivity index (χ4n) is 2.73. The molecule has 0 fully saturated rings. The minimum Gasteiger partial charge on any atom is -0.494 e. The van der Waals surface area contributed by atoms with Gasteiger partial charge in [0, 0.05) is 11.4 Å². The quantitative estimate of drug-likeness (QED) is 0.402. The Morgan fingerprint density at radius 1 is 0.733 bits per heavy atom. The number of hydrogen-bond acceptors (Lipinski definition) is 7. The van der Waals surface area contributed by atoms with Crippen LogP contribution in [0.5, 0.6) is 17.2 Å². The lowest BCUT2D eigenvalue weighted by Crippen LogP contribution is -2.02. The third kappa shape index (κ3) is 5.23. The molecule has 0 aliphatic carbocycles. The molecule has 30 heavy (non-hydrogen) atoms. The number of nitrogens with one attached hydrogen (secondary N) is 2. The van der Waals surface area contributed by atoms with E-state index in [1.54, 1.807) is 6.20 Å². The highest BCUT2D eigenvalue weighted by atomic mass is 16.5. The molecule has 0 aliphatic rings. The number of nitrogens with zero attached hydrogens (tertiary/aromatic N) is 3. The molecule has 0 aliphatic heterocycles. The third-order valence-electron chi connectivity index (χ3n) is 4.09. The molecule has 0 radical (unpaired) electrons. The number of aromatic nitrogens is 3. The maximum Gasteiger partial charge on any atom is 0.249 e. The number of ether oxygens (including phenoxy) is 2. The Balaban J connectivity index is 1.39. The number of para-hydroxylation sites is 1. The fourth-order valence-corrected chi connectivity index (χ4v) is 2.73. The van der Waals surface area contributed by atoms with Gasteiger partial charge in [0.05, 0.1) is 12.8 Å². The molecule has 0 bridgehead atoms. The van der Waals surface area contributed by atoms with Crippen molar-refractivity contribution in [3.05, 3.63) is 85.1 Å². The van der Waals surface area contributed by atoms with Crippen molar-refractivity contribution < 1.29 is 9.47 Å². The van der Waals surface area contributed by atoms with Crippen LogP contribution in [-0.2, 0) is 0 Å². The van der Waals surface area contributed by atoms with Crippen molar-refractivity contribution in [1.29, 1.82) is 0 Å². The average molecular weight is 399 g/mol. The zero-order valence-corrected chi connectivity index (χ0v) is 16.4. The number of rotatable bonds is 8. The lowest BCUT2D eigenvalue weighted by atomic mass is 10.3. The van der Waals surface area contributed by atoms with Crippen molar-refractivity contribution in [3.63, 3.8) is 0 Å². The molecule has 7 nitrogen and oxygen atoms in total. The van der Waals surface area contributed by atoms with Crippen molar-refractivity contribution in [2.45, 2.75) is 6.92 Å². The van der Waals surface area contributed by atoms with E-state index in [0.29, 0.717) is 18.4 Å². The fraction of sp³-hybridized carbons (Fsp3) is 0.0870. The first kappa shape index (κ1) is 19.2. The lowest BCUT2D eigenvalue weighted by Gasteiger charge is -2.09. The molecule has 1 aromatic heterocycles. The van der Waals surface area contributed by atoms with E-state index in [9.17, 15) is 0 Å². The molecular weight excluding hydrogens is 378 g/mol. The molecule has 0 spiro atoms. The average Bonchev–Trinajstić information content (AvgIpc) is 2.78. The van der Waals surface area contributed by atoms with Crippen LogP contribution >= 0.6 is 0 Å². The zero-order chi connectivity index (χ0) is 20.6. The Labute approximate surface area is 174 Å². The van der Waals surface area contributed by atoms with Crippen molar-refractivity contribution in [3.8, 4) is 17.2 Å². The molecule has 0 saturated heterocycles. The van der Waals surface area contributed by atoms with E-state index in [-0.39, 0.29) is 0 Å². The van der Waals surface area contributed by atoms with Gasteiger partial charge in [0.15, 0.2) is 5.82 Å². The van der Waals surface area contributed by atoms with Crippen LogP contribution in [0.4, 0.5) is 23.1 Å². The number of anilines is 4. The lowest BCUT2D eigenvalue weighted by molar-refractivity contribution is 0.340. The maximum atomic E-state index is 5.80. The second kappa shape index (κ2) is 9.38. The van der Waals surface area contributed by atoms with E-state index in [4.69, 9.17) is 9.47 Å². The summed E-state index contributed by atoms with van der Waals surface area (Å²) in [4.78, 5) is 4.45. The predicted molar refractivity (Wildman–Crippen MR) is 117 cm³/mol. The monoisotopic (exact) mass is 399 g/mol. The standard InChI is InChI=1S/C23H21N5O2/c1-2-29-19-12-8-17(9-13-19)25-22-16-24-28-23(27-22)26-18-10-14-21(15-11-18)30-20-6-4-3-5-7-20/h3-16H,2H2,1H3,(H2,25,26,27,28). The summed E-state index contributed by atoms with van der Waals surface area (Å²) in [5.74, 6) is 3.34. The molecule has 0 saturated carbocycles. The van der Waals surface area contributed by atoms with Crippen molar-refractivity contribution in [2.75, 3.05) is 17.2 Å². The highest BCUT2D eigenvalue weighted by Gasteiger charge is 2.04. The minimum atomic E-state index is 0.391. The van der Waals surface area contributed by atoms with Gasteiger partial charge in [0.1, 0.15) is 17.2 Å². The maximum absolute atomic E-state index is 5.80. The van der Waals surface area contributed by atoms with Crippen LogP contribution in [0.25, 0.3) is 0 Å². The van der Waals surface area contributed by atoms with Crippen LogP contribution in [0.2, 0.25) is 0 Å². The van der Waals surface area contributed by atoms with Crippen LogP contribution in [0.1, 0.15) is 6.92 Å². The van der Waals surface area contributed by atoms with Crippen LogP contribution in [0, 0.1) is 0 Å². The molecule has 4 rings (SSSR count). The number of benzene rings is 3. The van der Waals surface area contributed by atoms with Crippen LogP contribution in [0.3, 0.4) is 0 Å². The van der Waals surface area contributed by atoms with Gasteiger partial charge in [-0.15, -0.1) is 5.10 Å². The van der Waals surface area contributed by atoms with Crippen LogP contribution in [0.15, 0.2) is 85.1 Å². The Morgan fingerprint density at radius 2 is 1.37 bits per heavy atom. The first-order chi connectivity index (χ1) is 14.8. The highest BCUT2D eigenvalue weighted by molar-refractivity contribution is 5.59. The molecule has 7 heteroatoms. The van der Waals surface area contributed by atoms with Gasteiger partial charge in [-0.2, -0.15) is 10.1 Å². The summed E-state index contributed by atoms with van der Waals surface area (Å²) >= 11 is 0. The summed E-state index contributed by atoms with van der Waals surface area (Å²) in [7, 11) is 0. The van der Waals surface area contributed by atoms with Gasteiger partial charge in [-0.1, -0.05) is 18.2 Å². The van der Waals surface area contributed by atoms with Gasteiger partial charge in [-0.05, 0) is 67.6 Å². The molecule has 4 aromatic rings. The van der Waals surface area contributed by atoms with Gasteiger partial charge < -0.3 is 20.1 Å². The summed E-state index contributed by atoms with van der Waals surface area (Å²) in [5.41, 5.74) is 1.71. The van der Waals surface area contributed by atoms with Crippen molar-refractivity contribution in [1.82, 2.24) is 15.2 Å². The van der Waals surface area contributed by atoms with E-state index >= 15 is 0 Å². The molecule has 2 N–H and O–H groups in total. The Morgan fingerprint density at radius 3 is 2.07 bits per heavy atom. The normalized spacial score (nSPS) is 10.3. The van der Waals surface area contributed by atoms with Crippen LogP contribution in [-0.4, -0.2) is 21.8 Å². The minimum absolute atomic E-state index is 0.391. The Bertz CT molecular complexity index is 1070. The van der Waals surface area contributed by atoms with E-state index in [1.807, 2.05) is 85.8 Å². The summed E-state index contributed by atoms with van der Waals surface area (Å²) < 4.78 is 11.3. The molecule has 3 aromatic carbocycles. The first-order valence-corrected chi connectivity index (χ1v) is 9.58. The van der Waals surface area contributed by atoms with Gasteiger partial charge in [-0.25, -0.2) is 0 Å². The Hall–Kier alpha value is -4.13. The molecular formula is C23H21N5O2. The predicted octanol–water partition coefficient (Wildman–Crippen LogP) is 5.55. The van der Waals surface area contributed by atoms with Gasteiger partial charge in [0.25, 0.3) is 0 Å². The second-order valence-electron chi connectivity index (χ2n) is 6.31. The van der Waals surface area contributed by atoms with E-state index in [1.165, 1.54) is 0 Å². The Kier molecular flexibility index (Phi) is 6.00. The molecule has 150 valence electrons. The van der Waals surface area contributed by atoms with Gasteiger partial charge in [0.2, 0.25) is 5.95 Å². The topological polar surface area (TPSA) is 81.2 Å². The zero-order valence-electron chi connectivity index (χ0n) is 16.4. The molecule has 1 heterocycles.